The van der Waals surface area contributed by atoms with Gasteiger partial charge in [-0.25, -0.2) is 4.79 Å². The monoisotopic (exact) mass is 334 g/mol. The molecule has 1 aromatic carbocycles. The van der Waals surface area contributed by atoms with Crippen LogP contribution < -0.4 is 0 Å². The molecule has 0 aliphatic heterocycles. The highest BCUT2D eigenvalue weighted by molar-refractivity contribution is 6.74. The average Bonchev–Trinajstić information content (AvgIpc) is 2.46. The molecule has 0 aliphatic carbocycles. The van der Waals surface area contributed by atoms with Crippen molar-refractivity contribution in [2.75, 3.05) is 6.61 Å². The lowest BCUT2D eigenvalue weighted by molar-refractivity contribution is -0.137. The summed E-state index contributed by atoms with van der Waals surface area (Å²) in [4.78, 5) is 22.8. The second-order valence-corrected chi connectivity index (χ2v) is 11.4. The SMILES string of the molecule is CCOC(=O)/C=C/c1ccc(C)cc1C[Si](O)(C(C)C)C(C)C. The second-order valence-electron chi connectivity index (χ2n) is 6.77. The zero-order valence-corrected chi connectivity index (χ0v) is 16.2. The molecule has 3 nitrogen and oxygen atoms in total. The van der Waals surface area contributed by atoms with Gasteiger partial charge in [0.1, 0.15) is 0 Å². The number of hydrogen-bond donors (Lipinski definition) is 1. The molecule has 0 aromatic heterocycles. The van der Waals surface area contributed by atoms with E-state index in [2.05, 4.69) is 33.8 Å². The van der Waals surface area contributed by atoms with Crippen molar-refractivity contribution in [3.8, 4) is 0 Å². The molecule has 1 rings (SSSR count). The van der Waals surface area contributed by atoms with E-state index in [9.17, 15) is 9.59 Å². The van der Waals surface area contributed by atoms with Crippen molar-refractivity contribution in [2.45, 2.75) is 58.7 Å². The zero-order chi connectivity index (χ0) is 17.6. The molecule has 0 saturated heterocycles. The largest absolute Gasteiger partial charge is 0.463 e. The summed E-state index contributed by atoms with van der Waals surface area (Å²) in [5.41, 5.74) is 3.82. The quantitative estimate of drug-likeness (QED) is 0.456. The molecule has 0 bridgehead atoms. The van der Waals surface area contributed by atoms with E-state index in [1.165, 1.54) is 6.08 Å². The van der Waals surface area contributed by atoms with Gasteiger partial charge in [0.2, 0.25) is 0 Å². The van der Waals surface area contributed by atoms with Crippen molar-refractivity contribution in [1.29, 1.82) is 0 Å². The first-order valence-corrected chi connectivity index (χ1v) is 10.7. The van der Waals surface area contributed by atoms with Crippen LogP contribution in [0.1, 0.15) is 51.3 Å². The minimum absolute atomic E-state index is 0.282. The molecule has 0 atom stereocenters. The molecule has 23 heavy (non-hydrogen) atoms. The number of carbonyl (C=O) groups is 1. The number of hydrogen-bond acceptors (Lipinski definition) is 3. The minimum Gasteiger partial charge on any atom is -0.463 e. The van der Waals surface area contributed by atoms with E-state index in [1.807, 2.05) is 19.1 Å². The van der Waals surface area contributed by atoms with Crippen molar-refractivity contribution >= 4 is 20.4 Å². The van der Waals surface area contributed by atoms with E-state index in [-0.39, 0.29) is 17.1 Å². The Morgan fingerprint density at radius 1 is 1.26 bits per heavy atom. The lowest BCUT2D eigenvalue weighted by Crippen LogP contribution is -2.44. The van der Waals surface area contributed by atoms with Gasteiger partial charge in [-0.05, 0) is 48.2 Å². The Hall–Kier alpha value is -1.39. The van der Waals surface area contributed by atoms with Crippen molar-refractivity contribution in [1.82, 2.24) is 0 Å². The van der Waals surface area contributed by atoms with Crippen molar-refractivity contribution < 1.29 is 14.3 Å². The standard InChI is InChI=1S/C19H30O3Si/c1-7-22-19(20)11-10-17-9-8-16(6)12-18(17)13-23(21,14(2)3)15(4)5/h8-12,14-15,21H,7,13H2,1-6H3/b11-10+. The van der Waals surface area contributed by atoms with Gasteiger partial charge in [-0.15, -0.1) is 0 Å². The van der Waals surface area contributed by atoms with Crippen LogP contribution in [0.2, 0.25) is 11.1 Å². The van der Waals surface area contributed by atoms with Crippen molar-refractivity contribution in [3.63, 3.8) is 0 Å². The topological polar surface area (TPSA) is 46.5 Å². The Balaban J connectivity index is 3.15. The van der Waals surface area contributed by atoms with Gasteiger partial charge < -0.3 is 9.53 Å². The Labute approximate surface area is 141 Å². The molecule has 4 heteroatoms. The van der Waals surface area contributed by atoms with Gasteiger partial charge in [0, 0.05) is 6.08 Å². The summed E-state index contributed by atoms with van der Waals surface area (Å²) >= 11 is 0. The minimum atomic E-state index is -2.42. The van der Waals surface area contributed by atoms with Crippen molar-refractivity contribution in [2.24, 2.45) is 0 Å². The second kappa shape index (κ2) is 8.46. The number of rotatable bonds is 7. The Morgan fingerprint density at radius 2 is 1.87 bits per heavy atom. The molecule has 0 fully saturated rings. The first-order valence-electron chi connectivity index (χ1n) is 8.37. The van der Waals surface area contributed by atoms with Crippen LogP contribution in [0.4, 0.5) is 0 Å². The van der Waals surface area contributed by atoms with Crippen LogP contribution in [-0.4, -0.2) is 25.7 Å². The van der Waals surface area contributed by atoms with Gasteiger partial charge in [0.25, 0.3) is 0 Å². The highest BCUT2D eigenvalue weighted by Crippen LogP contribution is 2.33. The fraction of sp³-hybridized carbons (Fsp3) is 0.526. The third-order valence-electron chi connectivity index (χ3n) is 4.46. The Bertz CT molecular complexity index is 554. The molecule has 128 valence electrons. The predicted molar refractivity (Wildman–Crippen MR) is 98.7 cm³/mol. The van der Waals surface area contributed by atoms with Gasteiger partial charge in [0.15, 0.2) is 8.32 Å². The smallest absolute Gasteiger partial charge is 0.330 e. The first kappa shape index (κ1) is 19.7. The summed E-state index contributed by atoms with van der Waals surface area (Å²) in [5.74, 6) is -0.334. The number of aryl methyl sites for hydroxylation is 1. The van der Waals surface area contributed by atoms with E-state index in [1.54, 1.807) is 13.0 Å². The lowest BCUT2D eigenvalue weighted by atomic mass is 10.1. The van der Waals surface area contributed by atoms with E-state index in [4.69, 9.17) is 4.74 Å². The maximum atomic E-state index is 11.5. The summed E-state index contributed by atoms with van der Waals surface area (Å²) in [5, 5.41) is 0. The van der Waals surface area contributed by atoms with Crippen LogP contribution in [-0.2, 0) is 15.6 Å². The molecule has 1 N–H and O–H groups in total. The summed E-state index contributed by atoms with van der Waals surface area (Å²) in [7, 11) is -2.42. The number of esters is 1. The average molecular weight is 335 g/mol. The van der Waals surface area contributed by atoms with Gasteiger partial charge in [-0.2, -0.15) is 0 Å². The van der Waals surface area contributed by atoms with Gasteiger partial charge in [-0.3, -0.25) is 0 Å². The van der Waals surface area contributed by atoms with Crippen LogP contribution in [0.25, 0.3) is 6.08 Å². The molecule has 0 amide bonds. The van der Waals surface area contributed by atoms with Crippen LogP contribution in [0, 0.1) is 6.92 Å². The van der Waals surface area contributed by atoms with Crippen LogP contribution in [0.5, 0.6) is 0 Å². The van der Waals surface area contributed by atoms with E-state index >= 15 is 0 Å². The number of benzene rings is 1. The molecule has 0 unspecified atom stereocenters. The summed E-state index contributed by atoms with van der Waals surface area (Å²) in [6.45, 7) is 12.6. The third-order valence-corrected chi connectivity index (χ3v) is 9.40. The van der Waals surface area contributed by atoms with E-state index in [0.717, 1.165) is 16.7 Å². The summed E-state index contributed by atoms with van der Waals surface area (Å²) in [6.07, 6.45) is 3.26. The molecule has 1 aromatic rings. The Kier molecular flexibility index (Phi) is 7.23. The van der Waals surface area contributed by atoms with Gasteiger partial charge in [0.05, 0.1) is 6.61 Å². The predicted octanol–water partition coefficient (Wildman–Crippen LogP) is 4.41. The molecule has 0 radical (unpaired) electrons. The fourth-order valence-electron chi connectivity index (χ4n) is 2.78. The van der Waals surface area contributed by atoms with Crippen molar-refractivity contribution in [3.05, 3.63) is 41.0 Å². The molecule has 0 spiro atoms. The lowest BCUT2D eigenvalue weighted by Gasteiger charge is -2.34. The first-order chi connectivity index (χ1) is 10.7. The van der Waals surface area contributed by atoms with E-state index in [0.29, 0.717) is 12.7 Å². The van der Waals surface area contributed by atoms with Crippen LogP contribution >= 0.6 is 0 Å². The van der Waals surface area contributed by atoms with Gasteiger partial charge in [-0.1, -0.05) is 51.5 Å². The highest BCUT2D eigenvalue weighted by atomic mass is 28.4. The normalized spacial score (nSPS) is 12.4. The molecular formula is C19H30O3Si. The zero-order valence-electron chi connectivity index (χ0n) is 15.2. The molecule has 0 saturated carbocycles. The van der Waals surface area contributed by atoms with Crippen LogP contribution in [0.15, 0.2) is 24.3 Å². The molecule has 0 aliphatic rings. The number of carbonyl (C=O) groups excluding carboxylic acids is 1. The third kappa shape index (κ3) is 5.32. The Morgan fingerprint density at radius 3 is 2.39 bits per heavy atom. The maximum absolute atomic E-state index is 11.5. The van der Waals surface area contributed by atoms with E-state index < -0.39 is 8.32 Å². The molecular weight excluding hydrogens is 304 g/mol. The number of ether oxygens (including phenoxy) is 1. The highest BCUT2D eigenvalue weighted by Gasteiger charge is 2.38. The summed E-state index contributed by atoms with van der Waals surface area (Å²) < 4.78 is 4.94. The van der Waals surface area contributed by atoms with Crippen LogP contribution in [0.3, 0.4) is 0 Å². The van der Waals surface area contributed by atoms with Gasteiger partial charge >= 0.3 is 5.97 Å². The maximum Gasteiger partial charge on any atom is 0.330 e. The molecule has 0 heterocycles. The summed E-state index contributed by atoms with van der Waals surface area (Å²) in [6, 6.07) is 6.86. The fourth-order valence-corrected chi connectivity index (χ4v) is 5.84.